The van der Waals surface area contributed by atoms with Crippen LogP contribution >= 0.6 is 0 Å². The van der Waals surface area contributed by atoms with Crippen molar-refractivity contribution in [3.05, 3.63) is 28.8 Å². The number of aromatic hydroxyl groups is 1. The van der Waals surface area contributed by atoms with E-state index in [9.17, 15) is 9.90 Å². The number of carbonyl (C=O) groups excluding carboxylic acids is 1. The van der Waals surface area contributed by atoms with Crippen molar-refractivity contribution in [3.63, 3.8) is 0 Å². The smallest absolute Gasteiger partial charge is 0.167 e. The topological polar surface area (TPSA) is 63.3 Å². The maximum absolute atomic E-state index is 11.5. The van der Waals surface area contributed by atoms with Gasteiger partial charge >= 0.3 is 0 Å². The lowest BCUT2D eigenvalue weighted by atomic mass is 10.0. The van der Waals surface area contributed by atoms with Crippen LogP contribution in [0.4, 0.5) is 0 Å². The number of benzene rings is 1. The Kier molecular flexibility index (Phi) is 3.25. The summed E-state index contributed by atoms with van der Waals surface area (Å²) in [5.41, 5.74) is 7.64. The normalized spacial score (nSPS) is 10.2. The summed E-state index contributed by atoms with van der Waals surface area (Å²) in [7, 11) is 0. The molecule has 76 valence electrons. The highest BCUT2D eigenvalue weighted by molar-refractivity contribution is 5.98. The molecular formula is C11H15NO2. The molecule has 1 rings (SSSR count). The van der Waals surface area contributed by atoms with Gasteiger partial charge in [-0.15, -0.1) is 0 Å². The van der Waals surface area contributed by atoms with Crippen molar-refractivity contribution in [2.75, 3.05) is 6.54 Å². The molecule has 0 saturated carbocycles. The summed E-state index contributed by atoms with van der Waals surface area (Å²) < 4.78 is 0. The fourth-order valence-electron chi connectivity index (χ4n) is 1.29. The summed E-state index contributed by atoms with van der Waals surface area (Å²) >= 11 is 0. The van der Waals surface area contributed by atoms with Crippen molar-refractivity contribution in [1.82, 2.24) is 0 Å². The molecule has 3 N–H and O–H groups in total. The number of aryl methyl sites for hydroxylation is 2. The van der Waals surface area contributed by atoms with Gasteiger partial charge in [-0.2, -0.15) is 0 Å². The van der Waals surface area contributed by atoms with Crippen LogP contribution < -0.4 is 5.73 Å². The van der Waals surface area contributed by atoms with Crippen molar-refractivity contribution in [3.8, 4) is 5.75 Å². The van der Waals surface area contributed by atoms with Crippen LogP contribution in [0.5, 0.6) is 5.75 Å². The van der Waals surface area contributed by atoms with E-state index in [1.165, 1.54) is 0 Å². The molecular weight excluding hydrogens is 178 g/mol. The molecule has 3 heteroatoms. The van der Waals surface area contributed by atoms with E-state index < -0.39 is 0 Å². The maximum Gasteiger partial charge on any atom is 0.167 e. The van der Waals surface area contributed by atoms with Crippen LogP contribution in [0.25, 0.3) is 0 Å². The van der Waals surface area contributed by atoms with Crippen LogP contribution in [-0.2, 0) is 0 Å². The van der Waals surface area contributed by atoms with E-state index in [4.69, 9.17) is 5.73 Å². The third-order valence-corrected chi connectivity index (χ3v) is 2.28. The zero-order valence-corrected chi connectivity index (χ0v) is 8.50. The summed E-state index contributed by atoms with van der Waals surface area (Å²) in [5, 5.41) is 9.55. The van der Waals surface area contributed by atoms with Crippen LogP contribution in [0.1, 0.15) is 27.9 Å². The first kappa shape index (κ1) is 10.7. The summed E-state index contributed by atoms with van der Waals surface area (Å²) in [4.78, 5) is 11.5. The highest BCUT2D eigenvalue weighted by Gasteiger charge is 2.11. The molecule has 0 radical (unpaired) electrons. The van der Waals surface area contributed by atoms with Crippen molar-refractivity contribution >= 4 is 5.78 Å². The van der Waals surface area contributed by atoms with Gasteiger partial charge < -0.3 is 10.8 Å². The van der Waals surface area contributed by atoms with Crippen molar-refractivity contribution in [2.24, 2.45) is 5.73 Å². The van der Waals surface area contributed by atoms with E-state index in [-0.39, 0.29) is 18.0 Å². The Morgan fingerprint density at radius 3 is 2.50 bits per heavy atom. The van der Waals surface area contributed by atoms with E-state index in [1.54, 1.807) is 12.1 Å². The average Bonchev–Trinajstić information content (AvgIpc) is 2.11. The van der Waals surface area contributed by atoms with Gasteiger partial charge in [0.05, 0.1) is 5.56 Å². The molecule has 0 atom stereocenters. The molecule has 0 aliphatic rings. The molecule has 14 heavy (non-hydrogen) atoms. The number of phenolic OH excluding ortho intramolecular Hbond substituents is 1. The third-order valence-electron chi connectivity index (χ3n) is 2.28. The number of phenols is 1. The number of hydrogen-bond acceptors (Lipinski definition) is 3. The molecule has 0 aromatic heterocycles. The SMILES string of the molecule is Cc1cc(O)c(C(=O)CCN)cc1C. The lowest BCUT2D eigenvalue weighted by Gasteiger charge is -2.06. The Labute approximate surface area is 83.6 Å². The molecule has 1 aromatic rings. The first-order valence-corrected chi connectivity index (χ1v) is 4.59. The molecule has 0 spiro atoms. The number of ketones is 1. The van der Waals surface area contributed by atoms with Gasteiger partial charge in [-0.25, -0.2) is 0 Å². The lowest BCUT2D eigenvalue weighted by Crippen LogP contribution is -2.08. The molecule has 0 aliphatic carbocycles. The third kappa shape index (κ3) is 2.12. The second-order valence-corrected chi connectivity index (χ2v) is 3.42. The van der Waals surface area contributed by atoms with Crippen LogP contribution in [0.15, 0.2) is 12.1 Å². The zero-order chi connectivity index (χ0) is 10.7. The Morgan fingerprint density at radius 2 is 1.93 bits per heavy atom. The number of rotatable bonds is 3. The molecule has 0 saturated heterocycles. The Morgan fingerprint density at radius 1 is 1.36 bits per heavy atom. The van der Waals surface area contributed by atoms with E-state index in [0.717, 1.165) is 11.1 Å². The van der Waals surface area contributed by atoms with Crippen LogP contribution in [0, 0.1) is 13.8 Å². The van der Waals surface area contributed by atoms with Crippen molar-refractivity contribution in [1.29, 1.82) is 0 Å². The van der Waals surface area contributed by atoms with Gasteiger partial charge in [-0.05, 0) is 43.7 Å². The quantitative estimate of drug-likeness (QED) is 0.716. The molecule has 0 amide bonds. The van der Waals surface area contributed by atoms with Crippen LogP contribution in [0.2, 0.25) is 0 Å². The monoisotopic (exact) mass is 193 g/mol. The maximum atomic E-state index is 11.5. The number of nitrogens with two attached hydrogens (primary N) is 1. The molecule has 1 aromatic carbocycles. The molecule has 0 fully saturated rings. The predicted octanol–water partition coefficient (Wildman–Crippen LogP) is 1.54. The molecule has 0 bridgehead atoms. The Hall–Kier alpha value is -1.35. The zero-order valence-electron chi connectivity index (χ0n) is 8.50. The van der Waals surface area contributed by atoms with Gasteiger partial charge in [0.2, 0.25) is 0 Å². The highest BCUT2D eigenvalue weighted by Crippen LogP contribution is 2.22. The van der Waals surface area contributed by atoms with Gasteiger partial charge in [0.1, 0.15) is 5.75 Å². The predicted molar refractivity (Wildman–Crippen MR) is 55.6 cm³/mol. The Bertz CT molecular complexity index is 359. The average molecular weight is 193 g/mol. The summed E-state index contributed by atoms with van der Waals surface area (Å²) in [6, 6.07) is 3.32. The van der Waals surface area contributed by atoms with Crippen LogP contribution in [-0.4, -0.2) is 17.4 Å². The minimum Gasteiger partial charge on any atom is -0.507 e. The second kappa shape index (κ2) is 4.24. The minimum atomic E-state index is -0.104. The van der Waals surface area contributed by atoms with Gasteiger partial charge in [-0.3, -0.25) is 4.79 Å². The van der Waals surface area contributed by atoms with E-state index in [0.29, 0.717) is 12.1 Å². The highest BCUT2D eigenvalue weighted by atomic mass is 16.3. The number of Topliss-reactive ketones (excluding diaryl/α,β-unsaturated/α-hetero) is 1. The summed E-state index contributed by atoms with van der Waals surface area (Å²) in [5.74, 6) is -0.0559. The van der Waals surface area contributed by atoms with Gasteiger partial charge in [0.15, 0.2) is 5.78 Å². The second-order valence-electron chi connectivity index (χ2n) is 3.42. The first-order valence-electron chi connectivity index (χ1n) is 4.59. The number of carbonyl (C=O) groups is 1. The molecule has 0 aliphatic heterocycles. The first-order chi connectivity index (χ1) is 6.56. The van der Waals surface area contributed by atoms with Gasteiger partial charge in [0, 0.05) is 6.42 Å². The largest absolute Gasteiger partial charge is 0.507 e. The minimum absolute atomic E-state index is 0.0477. The summed E-state index contributed by atoms with van der Waals surface area (Å²) in [6.07, 6.45) is 0.274. The van der Waals surface area contributed by atoms with Crippen molar-refractivity contribution in [2.45, 2.75) is 20.3 Å². The Balaban J connectivity index is 3.09. The van der Waals surface area contributed by atoms with E-state index >= 15 is 0 Å². The lowest BCUT2D eigenvalue weighted by molar-refractivity contribution is 0.0983. The van der Waals surface area contributed by atoms with Crippen LogP contribution in [0.3, 0.4) is 0 Å². The molecule has 3 nitrogen and oxygen atoms in total. The number of hydrogen-bond donors (Lipinski definition) is 2. The standard InChI is InChI=1S/C11H15NO2/c1-7-5-9(10(13)3-4-12)11(14)6-8(7)2/h5-6,14H,3-4,12H2,1-2H3. The fraction of sp³-hybridized carbons (Fsp3) is 0.364. The molecule has 0 heterocycles. The van der Waals surface area contributed by atoms with E-state index in [2.05, 4.69) is 0 Å². The van der Waals surface area contributed by atoms with Crippen molar-refractivity contribution < 1.29 is 9.90 Å². The fourth-order valence-corrected chi connectivity index (χ4v) is 1.29. The van der Waals surface area contributed by atoms with Gasteiger partial charge in [-0.1, -0.05) is 0 Å². The van der Waals surface area contributed by atoms with E-state index in [1.807, 2.05) is 13.8 Å². The molecule has 0 unspecified atom stereocenters. The van der Waals surface area contributed by atoms with Gasteiger partial charge in [0.25, 0.3) is 0 Å². The summed E-state index contributed by atoms with van der Waals surface area (Å²) in [6.45, 7) is 4.12.